The summed E-state index contributed by atoms with van der Waals surface area (Å²) in [4.78, 5) is 21.0. The number of carboxylic acids is 2. The Balaban J connectivity index is 0.000000796. The molecule has 0 amide bonds. The van der Waals surface area contributed by atoms with E-state index in [9.17, 15) is 9.59 Å². The Kier molecular flexibility index (Phi) is 8.31. The van der Waals surface area contributed by atoms with Crippen molar-refractivity contribution in [2.24, 2.45) is 0 Å². The molecule has 0 fully saturated rings. The highest BCUT2D eigenvalue weighted by atomic mass is 16.4. The molecule has 0 atom stereocenters. The molecule has 0 radical (unpaired) electrons. The lowest BCUT2D eigenvalue weighted by Gasteiger charge is -1.94. The van der Waals surface area contributed by atoms with Gasteiger partial charge < -0.3 is 10.2 Å². The topological polar surface area (TPSA) is 98.4 Å². The normalized spacial score (nSPS) is 10.1. The first-order valence-electron chi connectivity index (χ1n) is 5.42. The second-order valence-electron chi connectivity index (χ2n) is 3.32. The van der Waals surface area contributed by atoms with Crippen LogP contribution in [0.25, 0.3) is 6.08 Å². The molecule has 0 spiro atoms. The minimum Gasteiger partial charge on any atom is -0.478 e. The van der Waals surface area contributed by atoms with Gasteiger partial charge in [-0.2, -0.15) is 5.26 Å². The minimum atomic E-state index is -1.28. The smallest absolute Gasteiger partial charge is 0.335 e. The van der Waals surface area contributed by atoms with Crippen LogP contribution >= 0.6 is 0 Å². The lowest BCUT2D eigenvalue weighted by Crippen LogP contribution is -2.01. The predicted molar refractivity (Wildman–Crippen MR) is 74.6 cm³/mol. The van der Waals surface area contributed by atoms with Crippen LogP contribution in [0.5, 0.6) is 0 Å². The summed E-state index contributed by atoms with van der Waals surface area (Å²) in [5, 5.41) is 24.7. The largest absolute Gasteiger partial charge is 0.478 e. The first-order valence-corrected chi connectivity index (χ1v) is 5.42. The maximum absolute atomic E-state index is 10.7. The molecular formula is C15H13NO4. The van der Waals surface area contributed by atoms with Gasteiger partial charge in [0.05, 0.1) is 11.6 Å². The fourth-order valence-corrected chi connectivity index (χ4v) is 1.06. The van der Waals surface area contributed by atoms with Crippen molar-refractivity contribution in [3.63, 3.8) is 0 Å². The van der Waals surface area contributed by atoms with Crippen LogP contribution in [0.2, 0.25) is 0 Å². The average molecular weight is 271 g/mol. The number of nitrogens with zero attached hydrogens (tertiary/aromatic N) is 1. The number of nitriles is 1. The number of allylic oxidation sites excluding steroid dienone is 1. The predicted octanol–water partition coefficient (Wildman–Crippen LogP) is 2.49. The molecule has 0 saturated carbocycles. The van der Waals surface area contributed by atoms with E-state index in [2.05, 4.69) is 6.58 Å². The van der Waals surface area contributed by atoms with Gasteiger partial charge in [-0.15, -0.1) is 0 Å². The molecule has 20 heavy (non-hydrogen) atoms. The van der Waals surface area contributed by atoms with Gasteiger partial charge in [-0.3, -0.25) is 0 Å². The van der Waals surface area contributed by atoms with Gasteiger partial charge in [0, 0.05) is 12.2 Å². The molecule has 2 N–H and O–H groups in total. The Bertz CT molecular complexity index is 565. The van der Waals surface area contributed by atoms with Crippen LogP contribution in [0, 0.1) is 11.3 Å². The van der Waals surface area contributed by atoms with E-state index in [1.165, 1.54) is 12.2 Å². The first kappa shape index (κ1) is 16.9. The molecule has 102 valence electrons. The maximum Gasteiger partial charge on any atom is 0.335 e. The van der Waals surface area contributed by atoms with Gasteiger partial charge in [0.1, 0.15) is 0 Å². The Labute approximate surface area is 116 Å². The molecule has 0 unspecified atom stereocenters. The number of hydrogen-bond donors (Lipinski definition) is 2. The monoisotopic (exact) mass is 271 g/mol. The zero-order valence-electron chi connectivity index (χ0n) is 10.6. The van der Waals surface area contributed by atoms with Crippen LogP contribution in [0.4, 0.5) is 0 Å². The molecule has 0 aliphatic carbocycles. The van der Waals surface area contributed by atoms with Crippen LogP contribution in [-0.2, 0) is 9.59 Å². The van der Waals surface area contributed by atoms with Gasteiger partial charge >= 0.3 is 11.9 Å². The summed E-state index contributed by atoms with van der Waals surface area (Å²) in [6, 6.07) is 10.7. The molecular weight excluding hydrogens is 258 g/mol. The number of carbonyl (C=O) groups is 2. The molecule has 5 nitrogen and oxygen atoms in total. The van der Waals surface area contributed by atoms with Crippen molar-refractivity contribution in [3.05, 3.63) is 66.3 Å². The quantitative estimate of drug-likeness (QED) is 0.498. The second kappa shape index (κ2) is 9.85. The Morgan fingerprint density at radius 3 is 2.15 bits per heavy atom. The van der Waals surface area contributed by atoms with Gasteiger partial charge in [0.2, 0.25) is 0 Å². The fraction of sp³-hybridized carbons (Fsp3) is 0. The van der Waals surface area contributed by atoms with Crippen molar-refractivity contribution in [1.29, 1.82) is 5.26 Å². The van der Waals surface area contributed by atoms with Crippen molar-refractivity contribution in [2.45, 2.75) is 0 Å². The lowest BCUT2D eigenvalue weighted by atomic mass is 10.1. The van der Waals surface area contributed by atoms with Gasteiger partial charge in [-0.25, -0.2) is 9.59 Å². The molecule has 0 aromatic heterocycles. The van der Waals surface area contributed by atoms with Gasteiger partial charge in [-0.05, 0) is 11.6 Å². The van der Waals surface area contributed by atoms with E-state index in [1.54, 1.807) is 36.4 Å². The van der Waals surface area contributed by atoms with Gasteiger partial charge in [-0.1, -0.05) is 43.0 Å². The summed E-state index contributed by atoms with van der Waals surface area (Å²) < 4.78 is 0. The average Bonchev–Trinajstić information content (AvgIpc) is 2.44. The van der Waals surface area contributed by atoms with Crippen LogP contribution in [0.15, 0.2) is 60.7 Å². The van der Waals surface area contributed by atoms with Crippen LogP contribution in [0.1, 0.15) is 5.56 Å². The maximum atomic E-state index is 10.7. The third-order valence-corrected chi connectivity index (χ3v) is 1.87. The zero-order valence-corrected chi connectivity index (χ0v) is 10.6. The summed E-state index contributed by atoms with van der Waals surface area (Å²) in [6.45, 7) is 3.12. The third kappa shape index (κ3) is 8.03. The molecule has 0 aliphatic heterocycles. The number of rotatable bonds is 4. The van der Waals surface area contributed by atoms with E-state index < -0.39 is 11.9 Å². The van der Waals surface area contributed by atoms with Gasteiger partial charge in [0.15, 0.2) is 0 Å². The molecule has 1 aromatic rings. The second-order valence-corrected chi connectivity index (χ2v) is 3.32. The van der Waals surface area contributed by atoms with E-state index in [0.717, 1.165) is 5.56 Å². The zero-order chi connectivity index (χ0) is 15.4. The number of hydrogen-bond acceptors (Lipinski definition) is 3. The van der Waals surface area contributed by atoms with Crippen LogP contribution < -0.4 is 0 Å². The SMILES string of the molecule is C=CC#N.O=C(O)/C=C(/C=Cc1ccccc1)C(=O)O. The summed E-state index contributed by atoms with van der Waals surface area (Å²) in [5.41, 5.74) is 0.538. The number of aliphatic carboxylic acids is 2. The number of carboxylic acid groups (broad SMARTS) is 2. The minimum absolute atomic E-state index is 0.267. The Morgan fingerprint density at radius 1 is 1.20 bits per heavy atom. The summed E-state index contributed by atoms with van der Waals surface area (Å²) in [7, 11) is 0. The Morgan fingerprint density at radius 2 is 1.75 bits per heavy atom. The summed E-state index contributed by atoms with van der Waals surface area (Å²) >= 11 is 0. The van der Waals surface area contributed by atoms with Crippen molar-refractivity contribution in [2.75, 3.05) is 0 Å². The van der Waals surface area contributed by atoms with E-state index in [4.69, 9.17) is 15.5 Å². The Hall–Kier alpha value is -3.13. The highest BCUT2D eigenvalue weighted by Crippen LogP contribution is 2.05. The van der Waals surface area contributed by atoms with E-state index >= 15 is 0 Å². The standard InChI is InChI=1S/C12H10O4.C3H3N/c13-11(14)8-10(12(15)16)7-6-9-4-2-1-3-5-9;1-2-3-4/h1-8H,(H,13,14)(H,15,16);2H,1H2/b7-6?,10-8-;. The van der Waals surface area contributed by atoms with Crippen LogP contribution in [-0.4, -0.2) is 22.2 Å². The van der Waals surface area contributed by atoms with Crippen molar-refractivity contribution >= 4 is 18.0 Å². The van der Waals surface area contributed by atoms with E-state index in [0.29, 0.717) is 6.08 Å². The van der Waals surface area contributed by atoms with Gasteiger partial charge in [0.25, 0.3) is 0 Å². The molecule has 1 aromatic carbocycles. The van der Waals surface area contributed by atoms with Crippen molar-refractivity contribution < 1.29 is 19.8 Å². The molecule has 0 bridgehead atoms. The molecule has 5 heteroatoms. The fourth-order valence-electron chi connectivity index (χ4n) is 1.06. The van der Waals surface area contributed by atoms with Crippen LogP contribution in [0.3, 0.4) is 0 Å². The molecule has 1 rings (SSSR count). The van der Waals surface area contributed by atoms with Crippen molar-refractivity contribution in [3.8, 4) is 6.07 Å². The van der Waals surface area contributed by atoms with E-state index in [1.807, 2.05) is 6.07 Å². The van der Waals surface area contributed by atoms with E-state index in [-0.39, 0.29) is 5.57 Å². The lowest BCUT2D eigenvalue weighted by molar-refractivity contribution is -0.134. The first-order chi connectivity index (χ1) is 9.51. The molecule has 0 aliphatic rings. The third-order valence-electron chi connectivity index (χ3n) is 1.87. The van der Waals surface area contributed by atoms with Crippen molar-refractivity contribution in [1.82, 2.24) is 0 Å². The summed E-state index contributed by atoms with van der Waals surface area (Å²) in [5.74, 6) is -2.55. The number of benzene rings is 1. The highest BCUT2D eigenvalue weighted by molar-refractivity contribution is 5.97. The molecule has 0 saturated heterocycles. The molecule has 0 heterocycles. The highest BCUT2D eigenvalue weighted by Gasteiger charge is 2.04. The summed E-state index contributed by atoms with van der Waals surface area (Å²) in [6.07, 6.45) is 4.64.